The number of nitrogens with one attached hydrogen (secondary N) is 1. The van der Waals surface area contributed by atoms with Crippen molar-refractivity contribution >= 4 is 17.3 Å². The highest BCUT2D eigenvalue weighted by atomic mass is 16.6. The van der Waals surface area contributed by atoms with Gasteiger partial charge in [-0.2, -0.15) is 0 Å². The molecule has 0 aromatic carbocycles. The molecular weight excluding hydrogens is 234 g/mol. The van der Waals surface area contributed by atoms with Crippen LogP contribution in [0.1, 0.15) is 33.6 Å². The second-order valence-corrected chi connectivity index (χ2v) is 4.73. The molecule has 1 unspecified atom stereocenters. The molecule has 0 amide bonds. The van der Waals surface area contributed by atoms with Gasteiger partial charge >= 0.3 is 5.69 Å². The average Bonchev–Trinajstić information content (AvgIpc) is 2.26. The summed E-state index contributed by atoms with van der Waals surface area (Å²) in [4.78, 5) is 17.8. The molecule has 1 heterocycles. The van der Waals surface area contributed by atoms with Crippen LogP contribution >= 0.6 is 0 Å². The fourth-order valence-corrected chi connectivity index (χ4v) is 1.57. The number of nitrogens with two attached hydrogens (primary N) is 1. The number of aromatic nitrogens is 2. The van der Waals surface area contributed by atoms with E-state index in [1.807, 2.05) is 6.92 Å². The Balaban J connectivity index is 2.78. The number of nitro groups is 1. The predicted molar refractivity (Wildman–Crippen MR) is 70.3 cm³/mol. The topological polar surface area (TPSA) is 107 Å². The van der Waals surface area contributed by atoms with E-state index in [0.29, 0.717) is 5.92 Å². The molecule has 18 heavy (non-hydrogen) atoms. The van der Waals surface area contributed by atoms with Crippen molar-refractivity contribution in [3.63, 3.8) is 0 Å². The first-order valence-corrected chi connectivity index (χ1v) is 5.93. The van der Waals surface area contributed by atoms with Gasteiger partial charge in [-0.05, 0) is 25.7 Å². The highest BCUT2D eigenvalue weighted by molar-refractivity contribution is 5.67. The minimum absolute atomic E-state index is 0.0976. The highest BCUT2D eigenvalue weighted by Gasteiger charge is 2.21. The van der Waals surface area contributed by atoms with Gasteiger partial charge in [-0.25, -0.2) is 9.97 Å². The molecule has 3 N–H and O–H groups in total. The van der Waals surface area contributed by atoms with Crippen LogP contribution in [0.5, 0.6) is 0 Å². The van der Waals surface area contributed by atoms with E-state index < -0.39 is 4.92 Å². The van der Waals surface area contributed by atoms with Gasteiger partial charge in [0, 0.05) is 6.04 Å². The summed E-state index contributed by atoms with van der Waals surface area (Å²) in [5.74, 6) is 0.664. The first-order valence-electron chi connectivity index (χ1n) is 5.93. The van der Waals surface area contributed by atoms with Crippen LogP contribution in [0.25, 0.3) is 0 Å². The Morgan fingerprint density at radius 1 is 1.39 bits per heavy atom. The van der Waals surface area contributed by atoms with E-state index in [0.717, 1.165) is 12.8 Å². The largest absolute Gasteiger partial charge is 0.378 e. The average molecular weight is 253 g/mol. The van der Waals surface area contributed by atoms with Crippen LogP contribution in [0.4, 0.5) is 17.3 Å². The van der Waals surface area contributed by atoms with Crippen LogP contribution < -0.4 is 11.1 Å². The van der Waals surface area contributed by atoms with Gasteiger partial charge in [0.15, 0.2) is 0 Å². The van der Waals surface area contributed by atoms with E-state index in [1.54, 1.807) is 0 Å². The van der Waals surface area contributed by atoms with Crippen LogP contribution in [0, 0.1) is 16.0 Å². The van der Waals surface area contributed by atoms with Crippen molar-refractivity contribution in [2.45, 2.75) is 39.7 Å². The third-order valence-corrected chi connectivity index (χ3v) is 2.59. The second-order valence-electron chi connectivity index (χ2n) is 4.73. The normalized spacial score (nSPS) is 12.4. The monoisotopic (exact) mass is 253 g/mol. The van der Waals surface area contributed by atoms with E-state index >= 15 is 0 Å². The minimum atomic E-state index is -0.563. The lowest BCUT2D eigenvalue weighted by Gasteiger charge is -2.15. The molecule has 0 aliphatic heterocycles. The number of hydrogen-bond donors (Lipinski definition) is 2. The fraction of sp³-hybridized carbons (Fsp3) is 0.636. The highest BCUT2D eigenvalue weighted by Crippen LogP contribution is 2.27. The SMILES string of the molecule is CC(C)CCC(C)Nc1ncnc(N)c1[N+](=O)[O-]. The van der Waals surface area contributed by atoms with Crippen molar-refractivity contribution < 1.29 is 4.92 Å². The predicted octanol–water partition coefficient (Wildman–Crippen LogP) is 2.20. The van der Waals surface area contributed by atoms with Crippen molar-refractivity contribution in [1.82, 2.24) is 9.97 Å². The molecule has 0 spiro atoms. The first-order chi connectivity index (χ1) is 8.41. The van der Waals surface area contributed by atoms with Gasteiger partial charge in [-0.3, -0.25) is 10.1 Å². The Kier molecular flexibility index (Phi) is 4.82. The van der Waals surface area contributed by atoms with Gasteiger partial charge in [0.25, 0.3) is 0 Å². The Morgan fingerprint density at radius 2 is 2.06 bits per heavy atom. The Hall–Kier alpha value is -1.92. The third kappa shape index (κ3) is 3.83. The summed E-state index contributed by atoms with van der Waals surface area (Å²) < 4.78 is 0. The van der Waals surface area contributed by atoms with Crippen LogP contribution in [0.2, 0.25) is 0 Å². The molecule has 100 valence electrons. The number of nitrogen functional groups attached to an aromatic ring is 1. The van der Waals surface area contributed by atoms with E-state index in [1.165, 1.54) is 6.33 Å². The maximum atomic E-state index is 10.9. The van der Waals surface area contributed by atoms with Crippen LogP contribution in [0.15, 0.2) is 6.33 Å². The molecule has 0 fully saturated rings. The lowest BCUT2D eigenvalue weighted by atomic mass is 10.0. The minimum Gasteiger partial charge on any atom is -0.378 e. The number of rotatable bonds is 6. The van der Waals surface area contributed by atoms with Crippen LogP contribution in [0.3, 0.4) is 0 Å². The van der Waals surface area contributed by atoms with E-state index in [9.17, 15) is 10.1 Å². The van der Waals surface area contributed by atoms with Gasteiger partial charge in [0.05, 0.1) is 4.92 Å². The lowest BCUT2D eigenvalue weighted by molar-refractivity contribution is -0.383. The van der Waals surface area contributed by atoms with Crippen LogP contribution in [-0.4, -0.2) is 20.9 Å². The molecule has 1 aromatic heterocycles. The van der Waals surface area contributed by atoms with Gasteiger partial charge in [-0.1, -0.05) is 13.8 Å². The first kappa shape index (κ1) is 14.1. The molecule has 7 heteroatoms. The van der Waals surface area contributed by atoms with Crippen molar-refractivity contribution in [2.75, 3.05) is 11.1 Å². The summed E-state index contributed by atoms with van der Waals surface area (Å²) in [6, 6.07) is 0.0976. The van der Waals surface area contributed by atoms with Gasteiger partial charge < -0.3 is 11.1 Å². The molecule has 1 rings (SSSR count). The maximum Gasteiger partial charge on any atom is 0.352 e. The molecule has 0 aliphatic carbocycles. The zero-order valence-corrected chi connectivity index (χ0v) is 10.9. The maximum absolute atomic E-state index is 10.9. The zero-order chi connectivity index (χ0) is 13.7. The smallest absolute Gasteiger partial charge is 0.352 e. The Bertz CT molecular complexity index is 422. The molecule has 0 aliphatic rings. The molecule has 0 saturated heterocycles. The molecule has 0 radical (unpaired) electrons. The standard InChI is InChI=1S/C11H19N5O2/c1-7(2)4-5-8(3)15-11-9(16(17)18)10(12)13-6-14-11/h6-8H,4-5H2,1-3H3,(H3,12,13,14,15). The number of hydrogen-bond acceptors (Lipinski definition) is 6. The Morgan fingerprint density at radius 3 is 2.61 bits per heavy atom. The Labute approximate surface area is 106 Å². The summed E-state index contributed by atoms with van der Waals surface area (Å²) in [6.07, 6.45) is 3.18. The van der Waals surface area contributed by atoms with E-state index in [4.69, 9.17) is 5.73 Å². The van der Waals surface area contributed by atoms with E-state index in [-0.39, 0.29) is 23.4 Å². The van der Waals surface area contributed by atoms with Crippen LogP contribution in [-0.2, 0) is 0 Å². The number of nitrogens with zero attached hydrogens (tertiary/aromatic N) is 3. The van der Waals surface area contributed by atoms with Crippen molar-refractivity contribution in [2.24, 2.45) is 5.92 Å². The summed E-state index contributed by atoms with van der Waals surface area (Å²) in [5, 5.41) is 13.9. The quantitative estimate of drug-likeness (QED) is 0.594. The second kappa shape index (κ2) is 6.13. The summed E-state index contributed by atoms with van der Waals surface area (Å²) >= 11 is 0. The third-order valence-electron chi connectivity index (χ3n) is 2.59. The van der Waals surface area contributed by atoms with Crippen molar-refractivity contribution in [1.29, 1.82) is 0 Å². The molecule has 1 atom stereocenters. The summed E-state index contributed by atoms with van der Waals surface area (Å²) in [5.41, 5.74) is 5.23. The van der Waals surface area contributed by atoms with Crippen molar-refractivity contribution in [3.05, 3.63) is 16.4 Å². The molecule has 0 bridgehead atoms. The van der Waals surface area contributed by atoms with Gasteiger partial charge in [0.2, 0.25) is 11.6 Å². The zero-order valence-electron chi connectivity index (χ0n) is 10.9. The van der Waals surface area contributed by atoms with E-state index in [2.05, 4.69) is 29.1 Å². The van der Waals surface area contributed by atoms with Gasteiger partial charge in [0.1, 0.15) is 6.33 Å². The van der Waals surface area contributed by atoms with Gasteiger partial charge in [-0.15, -0.1) is 0 Å². The lowest BCUT2D eigenvalue weighted by Crippen LogP contribution is -2.18. The molecular formula is C11H19N5O2. The molecule has 0 saturated carbocycles. The molecule has 7 nitrogen and oxygen atoms in total. The van der Waals surface area contributed by atoms with Crippen molar-refractivity contribution in [3.8, 4) is 0 Å². The number of anilines is 2. The fourth-order valence-electron chi connectivity index (χ4n) is 1.57. The summed E-state index contributed by atoms with van der Waals surface area (Å²) in [6.45, 7) is 6.24. The molecule has 1 aromatic rings. The summed E-state index contributed by atoms with van der Waals surface area (Å²) in [7, 11) is 0.